The lowest BCUT2D eigenvalue weighted by Crippen LogP contribution is -2.21. The Morgan fingerprint density at radius 1 is 1.24 bits per heavy atom. The van der Waals surface area contributed by atoms with Gasteiger partial charge < -0.3 is 20.3 Å². The second-order valence-corrected chi connectivity index (χ2v) is 4.03. The highest BCUT2D eigenvalue weighted by molar-refractivity contribution is 5.43. The second-order valence-electron chi connectivity index (χ2n) is 4.03. The van der Waals surface area contributed by atoms with Crippen LogP contribution in [0.15, 0.2) is 18.2 Å². The van der Waals surface area contributed by atoms with Crippen LogP contribution in [0.5, 0.6) is 11.5 Å². The molecule has 0 saturated carbocycles. The predicted molar refractivity (Wildman–Crippen MR) is 67.4 cm³/mol. The van der Waals surface area contributed by atoms with E-state index in [4.69, 9.17) is 15.2 Å². The monoisotopic (exact) mass is 239 g/mol. The van der Waals surface area contributed by atoms with Crippen molar-refractivity contribution in [1.29, 1.82) is 0 Å². The zero-order valence-electron chi connectivity index (χ0n) is 10.6. The highest BCUT2D eigenvalue weighted by Gasteiger charge is 2.14. The summed E-state index contributed by atoms with van der Waals surface area (Å²) >= 11 is 0. The first kappa shape index (κ1) is 13.8. The van der Waals surface area contributed by atoms with Gasteiger partial charge in [-0.25, -0.2) is 0 Å². The largest absolute Gasteiger partial charge is 0.493 e. The predicted octanol–water partition coefficient (Wildman–Crippen LogP) is 1.86. The van der Waals surface area contributed by atoms with Crippen LogP contribution in [0.25, 0.3) is 0 Å². The van der Waals surface area contributed by atoms with E-state index in [9.17, 15) is 5.11 Å². The quantitative estimate of drug-likeness (QED) is 0.795. The van der Waals surface area contributed by atoms with Crippen molar-refractivity contribution in [2.24, 2.45) is 5.73 Å². The number of rotatable bonds is 6. The molecule has 0 radical (unpaired) electrons. The molecule has 1 aromatic rings. The molecule has 0 amide bonds. The van der Waals surface area contributed by atoms with E-state index < -0.39 is 6.10 Å². The van der Waals surface area contributed by atoms with Crippen molar-refractivity contribution in [3.63, 3.8) is 0 Å². The van der Waals surface area contributed by atoms with Crippen LogP contribution in [0.3, 0.4) is 0 Å². The molecule has 2 atom stereocenters. The average Bonchev–Trinajstić information content (AvgIpc) is 2.37. The fourth-order valence-corrected chi connectivity index (χ4v) is 1.65. The Bertz CT molecular complexity index is 355. The first-order chi connectivity index (χ1) is 8.12. The maximum Gasteiger partial charge on any atom is 0.161 e. The summed E-state index contributed by atoms with van der Waals surface area (Å²) in [5, 5.41) is 10.0. The molecule has 96 valence electrons. The Morgan fingerprint density at radius 2 is 1.88 bits per heavy atom. The van der Waals surface area contributed by atoms with Crippen molar-refractivity contribution in [2.45, 2.75) is 31.9 Å². The van der Waals surface area contributed by atoms with E-state index in [1.54, 1.807) is 26.4 Å². The molecule has 0 bridgehead atoms. The molecule has 4 nitrogen and oxygen atoms in total. The van der Waals surface area contributed by atoms with Crippen LogP contribution in [0, 0.1) is 0 Å². The lowest BCUT2D eigenvalue weighted by atomic mass is 10.0. The molecule has 0 saturated heterocycles. The summed E-state index contributed by atoms with van der Waals surface area (Å²) in [5.41, 5.74) is 6.62. The molecule has 0 heterocycles. The smallest absolute Gasteiger partial charge is 0.161 e. The number of aliphatic hydroxyl groups excluding tert-OH is 1. The number of hydrogen-bond donors (Lipinski definition) is 2. The second kappa shape index (κ2) is 6.47. The highest BCUT2D eigenvalue weighted by Crippen LogP contribution is 2.31. The number of ether oxygens (including phenoxy) is 2. The summed E-state index contributed by atoms with van der Waals surface area (Å²) in [5.74, 6) is 1.28. The van der Waals surface area contributed by atoms with Crippen LogP contribution in [-0.2, 0) is 0 Å². The topological polar surface area (TPSA) is 64.7 Å². The van der Waals surface area contributed by atoms with Gasteiger partial charge in [-0.15, -0.1) is 0 Å². The molecule has 0 spiro atoms. The summed E-state index contributed by atoms with van der Waals surface area (Å²) in [4.78, 5) is 0. The molecular weight excluding hydrogens is 218 g/mol. The third-order valence-electron chi connectivity index (χ3n) is 2.84. The minimum atomic E-state index is -0.565. The number of aliphatic hydroxyl groups is 1. The van der Waals surface area contributed by atoms with E-state index in [0.29, 0.717) is 17.9 Å². The Kier molecular flexibility index (Phi) is 5.25. The van der Waals surface area contributed by atoms with Gasteiger partial charge in [-0.2, -0.15) is 0 Å². The van der Waals surface area contributed by atoms with Gasteiger partial charge >= 0.3 is 0 Å². The lowest BCUT2D eigenvalue weighted by molar-refractivity contribution is 0.156. The molecule has 0 fully saturated rings. The van der Waals surface area contributed by atoms with E-state index in [-0.39, 0.29) is 6.04 Å². The fraction of sp³-hybridized carbons (Fsp3) is 0.538. The molecule has 0 aliphatic rings. The van der Waals surface area contributed by atoms with Gasteiger partial charge in [0.05, 0.1) is 20.3 Å². The third-order valence-corrected chi connectivity index (χ3v) is 2.84. The van der Waals surface area contributed by atoms with Gasteiger partial charge in [-0.1, -0.05) is 13.0 Å². The molecule has 2 unspecified atom stereocenters. The lowest BCUT2D eigenvalue weighted by Gasteiger charge is -2.17. The molecule has 1 rings (SSSR count). The van der Waals surface area contributed by atoms with Gasteiger partial charge in [0.2, 0.25) is 0 Å². The first-order valence-electron chi connectivity index (χ1n) is 5.77. The fourth-order valence-electron chi connectivity index (χ4n) is 1.65. The minimum absolute atomic E-state index is 0.0121. The summed E-state index contributed by atoms with van der Waals surface area (Å²) in [6.07, 6.45) is 0.834. The van der Waals surface area contributed by atoms with Crippen LogP contribution in [0.4, 0.5) is 0 Å². The molecule has 0 aliphatic carbocycles. The molecular formula is C13H21NO3. The molecule has 4 heteroatoms. The summed E-state index contributed by atoms with van der Waals surface area (Å²) in [6.45, 7) is 2.01. The number of methoxy groups -OCH3 is 2. The third kappa shape index (κ3) is 3.61. The standard InChI is InChI=1S/C13H21NO3/c1-4-10(14)8-11(15)9-5-6-12(16-2)13(7-9)17-3/h5-7,10-11,15H,4,8,14H2,1-3H3. The van der Waals surface area contributed by atoms with Gasteiger partial charge in [0, 0.05) is 6.04 Å². The summed E-state index contributed by atoms with van der Waals surface area (Å²) in [7, 11) is 3.16. The summed E-state index contributed by atoms with van der Waals surface area (Å²) in [6, 6.07) is 5.41. The van der Waals surface area contributed by atoms with Crippen molar-refractivity contribution in [2.75, 3.05) is 14.2 Å². The average molecular weight is 239 g/mol. The molecule has 17 heavy (non-hydrogen) atoms. The SMILES string of the molecule is CCC(N)CC(O)c1ccc(OC)c(OC)c1. The van der Waals surface area contributed by atoms with Gasteiger partial charge in [0.25, 0.3) is 0 Å². The van der Waals surface area contributed by atoms with Crippen LogP contribution >= 0.6 is 0 Å². The van der Waals surface area contributed by atoms with Crippen LogP contribution in [-0.4, -0.2) is 25.4 Å². The van der Waals surface area contributed by atoms with Crippen molar-refractivity contribution in [3.05, 3.63) is 23.8 Å². The first-order valence-corrected chi connectivity index (χ1v) is 5.77. The van der Waals surface area contributed by atoms with E-state index in [2.05, 4.69) is 0 Å². The van der Waals surface area contributed by atoms with Crippen LogP contribution < -0.4 is 15.2 Å². The van der Waals surface area contributed by atoms with E-state index in [0.717, 1.165) is 12.0 Å². The zero-order chi connectivity index (χ0) is 12.8. The maximum atomic E-state index is 10.0. The molecule has 0 aromatic heterocycles. The normalized spacial score (nSPS) is 14.2. The van der Waals surface area contributed by atoms with Crippen LogP contribution in [0.1, 0.15) is 31.4 Å². The van der Waals surface area contributed by atoms with Gasteiger partial charge in [-0.3, -0.25) is 0 Å². The number of nitrogens with two attached hydrogens (primary N) is 1. The van der Waals surface area contributed by atoms with Gasteiger partial charge in [-0.05, 0) is 30.5 Å². The minimum Gasteiger partial charge on any atom is -0.493 e. The molecule has 0 aliphatic heterocycles. The number of hydrogen-bond acceptors (Lipinski definition) is 4. The Labute approximate surface area is 102 Å². The maximum absolute atomic E-state index is 10.0. The molecule has 3 N–H and O–H groups in total. The van der Waals surface area contributed by atoms with Crippen molar-refractivity contribution in [1.82, 2.24) is 0 Å². The Hall–Kier alpha value is -1.26. The van der Waals surface area contributed by atoms with Crippen molar-refractivity contribution < 1.29 is 14.6 Å². The highest BCUT2D eigenvalue weighted by atomic mass is 16.5. The zero-order valence-corrected chi connectivity index (χ0v) is 10.6. The summed E-state index contributed by atoms with van der Waals surface area (Å²) < 4.78 is 10.3. The van der Waals surface area contributed by atoms with Crippen LogP contribution in [0.2, 0.25) is 0 Å². The molecule has 1 aromatic carbocycles. The van der Waals surface area contributed by atoms with Crippen molar-refractivity contribution in [3.8, 4) is 11.5 Å². The number of benzene rings is 1. The van der Waals surface area contributed by atoms with Crippen molar-refractivity contribution >= 4 is 0 Å². The van der Waals surface area contributed by atoms with Gasteiger partial charge in [0.1, 0.15) is 0 Å². The van der Waals surface area contributed by atoms with E-state index >= 15 is 0 Å². The van der Waals surface area contributed by atoms with Gasteiger partial charge in [0.15, 0.2) is 11.5 Å². The van der Waals surface area contributed by atoms with E-state index in [1.807, 2.05) is 13.0 Å². The Morgan fingerprint density at radius 3 is 2.41 bits per heavy atom. The van der Waals surface area contributed by atoms with E-state index in [1.165, 1.54) is 0 Å². The Balaban J connectivity index is 2.84.